The fourth-order valence-electron chi connectivity index (χ4n) is 1.23. The molecule has 0 fully saturated rings. The lowest BCUT2D eigenvalue weighted by Crippen LogP contribution is -2.15. The average Bonchev–Trinajstić information content (AvgIpc) is 2.20. The van der Waals surface area contributed by atoms with E-state index < -0.39 is 0 Å². The molecule has 0 bridgehead atoms. The molecule has 0 amide bonds. The number of rotatable bonds is 3. The topological polar surface area (TPSA) is 67.8 Å². The van der Waals surface area contributed by atoms with Crippen molar-refractivity contribution in [1.29, 1.82) is 0 Å². The molecule has 1 aromatic rings. The molecule has 3 N–H and O–H groups in total. The minimum absolute atomic E-state index is 0.173. The van der Waals surface area contributed by atoms with Gasteiger partial charge in [0.1, 0.15) is 11.6 Å². The van der Waals surface area contributed by atoms with Gasteiger partial charge in [0.15, 0.2) is 0 Å². The maximum atomic E-state index is 8.44. The quantitative estimate of drug-likeness (QED) is 0.330. The molecular formula is C10H14N2O2. The third-order valence-corrected chi connectivity index (χ3v) is 1.94. The van der Waals surface area contributed by atoms with Crippen LogP contribution in [-0.4, -0.2) is 18.2 Å². The normalized spacial score (nSPS) is 11.4. The summed E-state index contributed by atoms with van der Waals surface area (Å²) in [6, 6.07) is 5.79. The Morgan fingerprint density at radius 2 is 2.29 bits per heavy atom. The summed E-state index contributed by atoms with van der Waals surface area (Å²) in [6.45, 7) is 1.98. The predicted octanol–water partition coefficient (Wildman–Crippen LogP) is 1.29. The highest BCUT2D eigenvalue weighted by Crippen LogP contribution is 2.20. The summed E-state index contributed by atoms with van der Waals surface area (Å²) >= 11 is 0. The Balaban J connectivity index is 2.96. The molecule has 1 aromatic carbocycles. The Labute approximate surface area is 83.0 Å². The Morgan fingerprint density at radius 1 is 1.57 bits per heavy atom. The fourth-order valence-corrected chi connectivity index (χ4v) is 1.23. The lowest BCUT2D eigenvalue weighted by Gasteiger charge is -2.08. The molecule has 14 heavy (non-hydrogen) atoms. The van der Waals surface area contributed by atoms with Gasteiger partial charge in [-0.05, 0) is 18.6 Å². The first-order valence-corrected chi connectivity index (χ1v) is 4.27. The van der Waals surface area contributed by atoms with Gasteiger partial charge in [-0.2, -0.15) is 0 Å². The van der Waals surface area contributed by atoms with Crippen molar-refractivity contribution in [2.45, 2.75) is 13.3 Å². The Kier molecular flexibility index (Phi) is 3.34. The van der Waals surface area contributed by atoms with E-state index in [0.717, 1.165) is 16.9 Å². The van der Waals surface area contributed by atoms with Crippen LogP contribution in [0, 0.1) is 6.92 Å². The van der Waals surface area contributed by atoms with Crippen LogP contribution in [0.5, 0.6) is 5.75 Å². The summed E-state index contributed by atoms with van der Waals surface area (Å²) in [6.07, 6.45) is 0.389. The van der Waals surface area contributed by atoms with Crippen molar-refractivity contribution in [2.24, 2.45) is 10.9 Å². The predicted molar refractivity (Wildman–Crippen MR) is 54.8 cm³/mol. The molecule has 0 aliphatic carbocycles. The third-order valence-electron chi connectivity index (χ3n) is 1.94. The van der Waals surface area contributed by atoms with Crippen LogP contribution >= 0.6 is 0 Å². The number of aryl methyl sites for hydroxylation is 1. The van der Waals surface area contributed by atoms with E-state index in [1.165, 1.54) is 0 Å². The molecule has 0 heterocycles. The second kappa shape index (κ2) is 4.50. The SMILES string of the molecule is COc1cc(C)ccc1C/C(N)=N/O. The Hall–Kier alpha value is -1.71. The van der Waals surface area contributed by atoms with Crippen LogP contribution < -0.4 is 10.5 Å². The highest BCUT2D eigenvalue weighted by atomic mass is 16.5. The number of nitrogens with two attached hydrogens (primary N) is 1. The van der Waals surface area contributed by atoms with E-state index in [0.29, 0.717) is 6.42 Å². The van der Waals surface area contributed by atoms with Gasteiger partial charge in [0, 0.05) is 12.0 Å². The standard InChI is InChI=1S/C10H14N2O2/c1-7-3-4-8(6-10(11)12-13)9(5-7)14-2/h3-5,13H,6H2,1-2H3,(H2,11,12). The van der Waals surface area contributed by atoms with E-state index in [1.807, 2.05) is 25.1 Å². The smallest absolute Gasteiger partial charge is 0.143 e. The molecule has 4 heteroatoms. The van der Waals surface area contributed by atoms with Gasteiger partial charge in [-0.25, -0.2) is 0 Å². The zero-order chi connectivity index (χ0) is 10.6. The van der Waals surface area contributed by atoms with Crippen LogP contribution in [0.2, 0.25) is 0 Å². The molecule has 0 aliphatic heterocycles. The van der Waals surface area contributed by atoms with Crippen LogP contribution in [0.15, 0.2) is 23.4 Å². The minimum atomic E-state index is 0.173. The second-order valence-electron chi connectivity index (χ2n) is 3.08. The molecule has 4 nitrogen and oxygen atoms in total. The van der Waals surface area contributed by atoms with Crippen molar-refractivity contribution < 1.29 is 9.94 Å². The van der Waals surface area contributed by atoms with Crippen molar-refractivity contribution in [2.75, 3.05) is 7.11 Å². The van der Waals surface area contributed by atoms with E-state index >= 15 is 0 Å². The van der Waals surface area contributed by atoms with E-state index in [9.17, 15) is 0 Å². The number of oxime groups is 1. The highest BCUT2D eigenvalue weighted by molar-refractivity contribution is 5.82. The number of methoxy groups -OCH3 is 1. The fraction of sp³-hybridized carbons (Fsp3) is 0.300. The molecule has 76 valence electrons. The van der Waals surface area contributed by atoms with Crippen LogP contribution in [0.4, 0.5) is 0 Å². The van der Waals surface area contributed by atoms with Crippen molar-refractivity contribution >= 4 is 5.84 Å². The Morgan fingerprint density at radius 3 is 2.86 bits per heavy atom. The highest BCUT2D eigenvalue weighted by Gasteiger charge is 2.04. The van der Waals surface area contributed by atoms with Gasteiger partial charge in [-0.1, -0.05) is 17.3 Å². The number of nitrogens with zero attached hydrogens (tertiary/aromatic N) is 1. The van der Waals surface area contributed by atoms with Gasteiger partial charge < -0.3 is 15.7 Å². The van der Waals surface area contributed by atoms with Crippen LogP contribution in [0.25, 0.3) is 0 Å². The van der Waals surface area contributed by atoms with Crippen molar-refractivity contribution in [3.8, 4) is 5.75 Å². The first-order valence-electron chi connectivity index (χ1n) is 4.27. The van der Waals surface area contributed by atoms with Gasteiger partial charge in [-0.3, -0.25) is 0 Å². The van der Waals surface area contributed by atoms with E-state index in [-0.39, 0.29) is 5.84 Å². The van der Waals surface area contributed by atoms with Crippen LogP contribution in [0.3, 0.4) is 0 Å². The van der Waals surface area contributed by atoms with Crippen molar-refractivity contribution in [1.82, 2.24) is 0 Å². The number of amidine groups is 1. The zero-order valence-electron chi connectivity index (χ0n) is 8.32. The number of ether oxygens (including phenoxy) is 1. The molecule has 0 radical (unpaired) electrons. The monoisotopic (exact) mass is 194 g/mol. The maximum absolute atomic E-state index is 8.44. The molecule has 0 saturated carbocycles. The maximum Gasteiger partial charge on any atom is 0.143 e. The molecule has 0 atom stereocenters. The molecule has 1 rings (SSSR count). The van der Waals surface area contributed by atoms with Gasteiger partial charge in [0.05, 0.1) is 7.11 Å². The van der Waals surface area contributed by atoms with Crippen LogP contribution in [0.1, 0.15) is 11.1 Å². The van der Waals surface area contributed by atoms with Crippen LogP contribution in [-0.2, 0) is 6.42 Å². The summed E-state index contributed by atoms with van der Waals surface area (Å²) in [5.41, 5.74) is 7.44. The number of benzene rings is 1. The van der Waals surface area contributed by atoms with Gasteiger partial charge in [0.25, 0.3) is 0 Å². The van der Waals surface area contributed by atoms with E-state index in [4.69, 9.17) is 15.7 Å². The van der Waals surface area contributed by atoms with Gasteiger partial charge in [0.2, 0.25) is 0 Å². The third kappa shape index (κ3) is 2.39. The first-order chi connectivity index (χ1) is 6.67. The lowest BCUT2D eigenvalue weighted by molar-refractivity contribution is 0.317. The average molecular weight is 194 g/mol. The molecular weight excluding hydrogens is 180 g/mol. The first kappa shape index (κ1) is 10.4. The molecule has 0 saturated heterocycles. The van der Waals surface area contributed by atoms with E-state index in [1.54, 1.807) is 7.11 Å². The van der Waals surface area contributed by atoms with Crippen molar-refractivity contribution in [3.63, 3.8) is 0 Å². The molecule has 0 spiro atoms. The summed E-state index contributed by atoms with van der Waals surface area (Å²) in [7, 11) is 1.60. The summed E-state index contributed by atoms with van der Waals surface area (Å²) < 4.78 is 5.18. The largest absolute Gasteiger partial charge is 0.496 e. The number of hydrogen-bond acceptors (Lipinski definition) is 3. The number of hydrogen-bond donors (Lipinski definition) is 2. The Bertz CT molecular complexity index is 348. The molecule has 0 aliphatic rings. The second-order valence-corrected chi connectivity index (χ2v) is 3.08. The minimum Gasteiger partial charge on any atom is -0.496 e. The van der Waals surface area contributed by atoms with Gasteiger partial charge >= 0.3 is 0 Å². The summed E-state index contributed by atoms with van der Waals surface area (Å²) in [5, 5.41) is 11.4. The zero-order valence-corrected chi connectivity index (χ0v) is 8.32. The molecule has 0 unspecified atom stereocenters. The van der Waals surface area contributed by atoms with Gasteiger partial charge in [-0.15, -0.1) is 0 Å². The molecule has 0 aromatic heterocycles. The summed E-state index contributed by atoms with van der Waals surface area (Å²) in [5.74, 6) is 0.934. The lowest BCUT2D eigenvalue weighted by atomic mass is 10.1. The van der Waals surface area contributed by atoms with E-state index in [2.05, 4.69) is 5.16 Å². The van der Waals surface area contributed by atoms with Crippen molar-refractivity contribution in [3.05, 3.63) is 29.3 Å². The summed E-state index contributed by atoms with van der Waals surface area (Å²) in [4.78, 5) is 0.